The van der Waals surface area contributed by atoms with Gasteiger partial charge in [-0.2, -0.15) is 5.26 Å². The molecule has 2 aromatic heterocycles. The minimum absolute atomic E-state index is 0.0602. The minimum atomic E-state index is -3.87. The summed E-state index contributed by atoms with van der Waals surface area (Å²) in [6.07, 6.45) is -1.57. The molecular formula is C18H24N5O8P. The van der Waals surface area contributed by atoms with Crippen LogP contribution in [0, 0.1) is 11.3 Å². The van der Waals surface area contributed by atoms with E-state index >= 15 is 0 Å². The van der Waals surface area contributed by atoms with Gasteiger partial charge in [-0.1, -0.05) is 0 Å². The topological polar surface area (TPSA) is 181 Å². The lowest BCUT2D eigenvalue weighted by Crippen LogP contribution is -2.33. The Bertz CT molecular complexity index is 1050. The van der Waals surface area contributed by atoms with Crippen LogP contribution in [-0.4, -0.2) is 80.5 Å². The third-order valence-electron chi connectivity index (χ3n) is 5.27. The summed E-state index contributed by atoms with van der Waals surface area (Å²) in [5.41, 5.74) is 0.341. The third kappa shape index (κ3) is 4.93. The maximum absolute atomic E-state index is 11.2. The lowest BCUT2D eigenvalue weighted by molar-refractivity contribution is -0.238. The van der Waals surface area contributed by atoms with Gasteiger partial charge in [0.15, 0.2) is 6.23 Å². The Morgan fingerprint density at radius 3 is 2.78 bits per heavy atom. The maximum Gasteiger partial charge on any atom is 0.352 e. The van der Waals surface area contributed by atoms with Crippen LogP contribution in [0.25, 0.3) is 11.0 Å². The first-order valence-corrected chi connectivity index (χ1v) is 12.1. The first-order valence-electron chi connectivity index (χ1n) is 10.0. The number of nitrogens with one attached hydrogen (secondary N) is 1. The zero-order chi connectivity index (χ0) is 22.9. The molecule has 1 unspecified atom stereocenters. The van der Waals surface area contributed by atoms with E-state index in [0.29, 0.717) is 30.1 Å². The van der Waals surface area contributed by atoms with Gasteiger partial charge in [-0.05, 0) is 18.9 Å². The number of aromatic nitrogens is 3. The van der Waals surface area contributed by atoms with Crippen molar-refractivity contribution < 1.29 is 38.7 Å². The van der Waals surface area contributed by atoms with E-state index in [2.05, 4.69) is 24.8 Å². The molecule has 0 spiro atoms. The van der Waals surface area contributed by atoms with Crippen molar-refractivity contribution >= 4 is 24.4 Å². The lowest BCUT2D eigenvalue weighted by atomic mass is 10.1. The van der Waals surface area contributed by atoms with Crippen molar-refractivity contribution in [1.82, 2.24) is 14.5 Å². The average molecular weight is 469 g/mol. The second kappa shape index (κ2) is 9.38. The number of nitrogens with zero attached hydrogens (tertiary/aromatic N) is 4. The predicted molar refractivity (Wildman–Crippen MR) is 108 cm³/mol. The van der Waals surface area contributed by atoms with Crippen LogP contribution in [0.5, 0.6) is 0 Å². The number of aliphatic hydroxyl groups excluding tert-OH is 2. The molecule has 14 heteroatoms. The van der Waals surface area contributed by atoms with Crippen molar-refractivity contribution in [3.63, 3.8) is 0 Å². The highest BCUT2D eigenvalue weighted by molar-refractivity contribution is 7.51. The fourth-order valence-corrected chi connectivity index (χ4v) is 3.98. The predicted octanol–water partition coefficient (Wildman–Crippen LogP) is 0.276. The van der Waals surface area contributed by atoms with E-state index in [-0.39, 0.29) is 18.5 Å². The minimum Gasteiger partial charge on any atom is -0.387 e. The quantitative estimate of drug-likeness (QED) is 0.247. The number of anilines is 1. The summed E-state index contributed by atoms with van der Waals surface area (Å²) in [5, 5.41) is 34.2. The van der Waals surface area contributed by atoms with E-state index < -0.39 is 32.1 Å². The van der Waals surface area contributed by atoms with Crippen molar-refractivity contribution in [1.29, 1.82) is 5.26 Å². The Morgan fingerprint density at radius 1 is 1.34 bits per heavy atom. The fourth-order valence-electron chi connectivity index (χ4n) is 3.73. The SMILES string of the molecule is CP(=O)(O)OOC[C@H]1O[C@@H](n2ccc3c(NC4CCOCC4)nc(C#N)nc32)[C@H](O)[C@@H]1O. The van der Waals surface area contributed by atoms with Gasteiger partial charge in [0.1, 0.15) is 42.5 Å². The monoisotopic (exact) mass is 469 g/mol. The van der Waals surface area contributed by atoms with Gasteiger partial charge in [0.25, 0.3) is 0 Å². The zero-order valence-electron chi connectivity index (χ0n) is 17.2. The lowest BCUT2D eigenvalue weighted by Gasteiger charge is -2.24. The van der Waals surface area contributed by atoms with Crippen molar-refractivity contribution in [2.24, 2.45) is 0 Å². The molecule has 174 valence electrons. The first-order chi connectivity index (χ1) is 15.3. The van der Waals surface area contributed by atoms with Crippen LogP contribution < -0.4 is 5.32 Å². The second-order valence-corrected chi connectivity index (χ2v) is 9.46. The number of hydrogen-bond donors (Lipinski definition) is 4. The van der Waals surface area contributed by atoms with Crippen LogP contribution in [-0.2, 0) is 23.6 Å². The molecule has 32 heavy (non-hydrogen) atoms. The second-order valence-electron chi connectivity index (χ2n) is 7.71. The standard InChI is InChI=1S/C18H24N5O8P/c1-32(26,27)31-29-9-12-14(24)15(25)18(30-12)23-5-2-11-16(20-10-3-6-28-7-4-10)21-13(8-19)22-17(11)23/h2,5,10,12,14-15,18,24-25H,3-4,6-7,9H2,1H3,(H,26,27)(H,20,21,22)/t12-,14-,15-,18-/m1/s1. The summed E-state index contributed by atoms with van der Waals surface area (Å²) in [5.74, 6) is 0.426. The average Bonchev–Trinajstić information content (AvgIpc) is 3.30. The van der Waals surface area contributed by atoms with Gasteiger partial charge in [0.2, 0.25) is 5.82 Å². The highest BCUT2D eigenvalue weighted by atomic mass is 31.2. The van der Waals surface area contributed by atoms with E-state index in [9.17, 15) is 20.0 Å². The molecule has 2 saturated heterocycles. The van der Waals surface area contributed by atoms with E-state index in [4.69, 9.17) is 14.4 Å². The molecule has 5 atom stereocenters. The molecule has 0 bridgehead atoms. The van der Waals surface area contributed by atoms with Gasteiger partial charge in [-0.25, -0.2) is 14.9 Å². The molecule has 0 saturated carbocycles. The molecule has 0 amide bonds. The fraction of sp³-hybridized carbons (Fsp3) is 0.611. The van der Waals surface area contributed by atoms with E-state index in [0.717, 1.165) is 19.5 Å². The van der Waals surface area contributed by atoms with Crippen LogP contribution in [0.4, 0.5) is 5.82 Å². The summed E-state index contributed by atoms with van der Waals surface area (Å²) in [4.78, 5) is 22.4. The third-order valence-corrected chi connectivity index (χ3v) is 5.65. The van der Waals surface area contributed by atoms with Gasteiger partial charge in [-0.15, -0.1) is 4.67 Å². The highest BCUT2D eigenvalue weighted by Gasteiger charge is 2.44. The van der Waals surface area contributed by atoms with Crippen molar-refractivity contribution in [2.45, 2.75) is 43.4 Å². The van der Waals surface area contributed by atoms with Gasteiger partial charge < -0.3 is 34.5 Å². The molecule has 0 radical (unpaired) electrons. The number of rotatable bonds is 7. The molecule has 13 nitrogen and oxygen atoms in total. The van der Waals surface area contributed by atoms with Crippen LogP contribution >= 0.6 is 7.60 Å². The molecule has 2 aliphatic heterocycles. The normalized spacial score (nSPS) is 28.5. The molecule has 0 aromatic carbocycles. The smallest absolute Gasteiger partial charge is 0.352 e. The molecule has 2 aliphatic rings. The summed E-state index contributed by atoms with van der Waals surface area (Å²) < 4.78 is 28.1. The molecular weight excluding hydrogens is 445 g/mol. The van der Waals surface area contributed by atoms with Gasteiger partial charge in [0, 0.05) is 32.1 Å². The van der Waals surface area contributed by atoms with Crippen LogP contribution in [0.2, 0.25) is 0 Å². The van der Waals surface area contributed by atoms with Crippen LogP contribution in [0.15, 0.2) is 12.3 Å². The molecule has 0 aliphatic carbocycles. The number of nitriles is 1. The van der Waals surface area contributed by atoms with Crippen molar-refractivity contribution in [3.8, 4) is 6.07 Å². The Labute approximate surface area is 183 Å². The Kier molecular flexibility index (Phi) is 6.75. The Balaban J connectivity index is 1.58. The Morgan fingerprint density at radius 2 is 2.09 bits per heavy atom. The molecule has 2 fully saturated rings. The van der Waals surface area contributed by atoms with Crippen LogP contribution in [0.3, 0.4) is 0 Å². The summed E-state index contributed by atoms with van der Waals surface area (Å²) in [6, 6.07) is 3.80. The van der Waals surface area contributed by atoms with E-state index in [1.807, 2.05) is 6.07 Å². The Hall–Kier alpha value is -2.14. The molecule has 4 N–H and O–H groups in total. The summed E-state index contributed by atoms with van der Waals surface area (Å²) in [7, 11) is -3.87. The van der Waals surface area contributed by atoms with Gasteiger partial charge in [0.05, 0.1) is 5.39 Å². The zero-order valence-corrected chi connectivity index (χ0v) is 18.1. The van der Waals surface area contributed by atoms with Crippen molar-refractivity contribution in [3.05, 3.63) is 18.1 Å². The van der Waals surface area contributed by atoms with E-state index in [1.54, 1.807) is 12.3 Å². The van der Waals surface area contributed by atoms with E-state index in [1.165, 1.54) is 4.57 Å². The number of hydrogen-bond acceptors (Lipinski definition) is 11. The largest absolute Gasteiger partial charge is 0.387 e. The number of ether oxygens (including phenoxy) is 2. The maximum atomic E-state index is 11.2. The first kappa shape index (κ1) is 23.0. The van der Waals surface area contributed by atoms with Gasteiger partial charge in [-0.3, -0.25) is 4.57 Å². The van der Waals surface area contributed by atoms with Crippen LogP contribution in [0.1, 0.15) is 24.9 Å². The number of fused-ring (bicyclic) bond motifs is 1. The van der Waals surface area contributed by atoms with Crippen molar-refractivity contribution in [2.75, 3.05) is 31.8 Å². The summed E-state index contributed by atoms with van der Waals surface area (Å²) in [6.45, 7) is 1.83. The molecule has 4 rings (SSSR count). The molecule has 4 heterocycles. The number of aliphatic hydroxyl groups is 2. The summed E-state index contributed by atoms with van der Waals surface area (Å²) >= 11 is 0. The molecule has 2 aromatic rings. The highest BCUT2D eigenvalue weighted by Crippen LogP contribution is 2.38. The van der Waals surface area contributed by atoms with Gasteiger partial charge >= 0.3 is 7.60 Å².